The lowest BCUT2D eigenvalue weighted by Crippen LogP contribution is -2.56. The Hall–Kier alpha value is -5.29. The number of nitrogens with zero attached hydrogens (tertiary/aromatic N) is 3. The number of benzene rings is 4. The van der Waals surface area contributed by atoms with Crippen molar-refractivity contribution in [2.75, 3.05) is 31.5 Å². The lowest BCUT2D eigenvalue weighted by Gasteiger charge is -2.39. The van der Waals surface area contributed by atoms with Crippen LogP contribution in [0.15, 0.2) is 84.9 Å². The Morgan fingerprint density at radius 1 is 0.868 bits per heavy atom. The van der Waals surface area contributed by atoms with Gasteiger partial charge >= 0.3 is 0 Å². The Morgan fingerprint density at radius 3 is 2.17 bits per heavy atom. The third kappa shape index (κ3) is 7.48. The predicted octanol–water partition coefficient (Wildman–Crippen LogP) is 7.47. The zero-order chi connectivity index (χ0) is 37.2. The van der Waals surface area contributed by atoms with E-state index in [-0.39, 0.29) is 54.7 Å². The van der Waals surface area contributed by atoms with Gasteiger partial charge in [-0.2, -0.15) is 0 Å². The van der Waals surface area contributed by atoms with E-state index < -0.39 is 29.8 Å². The second kappa shape index (κ2) is 15.4. The highest BCUT2D eigenvalue weighted by Crippen LogP contribution is 2.50. The van der Waals surface area contributed by atoms with E-state index in [1.807, 2.05) is 51.1 Å². The summed E-state index contributed by atoms with van der Waals surface area (Å²) in [7, 11) is 0. The summed E-state index contributed by atoms with van der Waals surface area (Å²) in [6, 6.07) is 20.0. The maximum atomic E-state index is 15.4. The zero-order valence-electron chi connectivity index (χ0n) is 30.1. The molecule has 276 valence electrons. The quantitative estimate of drug-likeness (QED) is 0.197. The summed E-state index contributed by atoms with van der Waals surface area (Å²) in [6.07, 6.45) is 1.57. The van der Waals surface area contributed by atoms with Gasteiger partial charge in [0.2, 0.25) is 12.7 Å². The van der Waals surface area contributed by atoms with E-state index in [1.165, 1.54) is 48.5 Å². The van der Waals surface area contributed by atoms with Crippen LogP contribution in [0.2, 0.25) is 0 Å². The van der Waals surface area contributed by atoms with E-state index in [2.05, 4.69) is 0 Å². The summed E-state index contributed by atoms with van der Waals surface area (Å²) < 4.78 is 46.0. The minimum atomic E-state index is -0.886. The molecule has 3 atom stereocenters. The zero-order valence-corrected chi connectivity index (χ0v) is 30.1. The molecule has 0 unspecified atom stereocenters. The lowest BCUT2D eigenvalue weighted by molar-refractivity contribution is -0.124. The van der Waals surface area contributed by atoms with Gasteiger partial charge in [-0.15, -0.1) is 0 Å². The molecule has 7 rings (SSSR count). The van der Waals surface area contributed by atoms with Gasteiger partial charge in [-0.25, -0.2) is 8.78 Å². The van der Waals surface area contributed by atoms with E-state index in [1.54, 1.807) is 20.8 Å². The second-order valence-electron chi connectivity index (χ2n) is 14.3. The first-order chi connectivity index (χ1) is 25.6. The standard InChI is InChI=1S/C42H43F2N3O6/c1-26(2)20-35-42(50)47-34-22-38-37(52-25-53-38)21-33(34)39(36(47)24-51-19-5-4-18-45(35)40(48)29-10-14-31(43)15-11-29)46(23-28-8-6-27(3)7-9-28)41(49)30-12-16-32(44)17-13-30/h6-17,21-22,26,35-36,39H,4-5,18-20,23-25H2,1-3H3/t35-,36+,39-/m0/s1. The highest BCUT2D eigenvalue weighted by atomic mass is 19.1. The molecule has 0 bridgehead atoms. The average molecular weight is 724 g/mol. The Kier molecular flexibility index (Phi) is 10.5. The van der Waals surface area contributed by atoms with Gasteiger partial charge in [0.25, 0.3) is 11.8 Å². The number of carbonyl (C=O) groups is 3. The van der Waals surface area contributed by atoms with Crippen LogP contribution in [0.25, 0.3) is 0 Å². The van der Waals surface area contributed by atoms with Crippen LogP contribution < -0.4 is 14.4 Å². The molecule has 0 aromatic heterocycles. The summed E-state index contributed by atoms with van der Waals surface area (Å²) in [4.78, 5) is 49.4. The number of carbonyl (C=O) groups excluding carboxylic acids is 3. The first-order valence-electron chi connectivity index (χ1n) is 18.1. The molecule has 4 aromatic rings. The van der Waals surface area contributed by atoms with Gasteiger partial charge in [0, 0.05) is 42.5 Å². The maximum absolute atomic E-state index is 15.4. The largest absolute Gasteiger partial charge is 0.454 e. The number of rotatable bonds is 7. The van der Waals surface area contributed by atoms with Crippen LogP contribution in [0, 0.1) is 24.5 Å². The van der Waals surface area contributed by atoms with E-state index in [4.69, 9.17) is 14.2 Å². The summed E-state index contributed by atoms with van der Waals surface area (Å²) in [5, 5.41) is 0. The third-order valence-electron chi connectivity index (χ3n) is 10.1. The fraction of sp³-hybridized carbons (Fsp3) is 0.357. The van der Waals surface area contributed by atoms with Crippen molar-refractivity contribution in [3.05, 3.63) is 124 Å². The topological polar surface area (TPSA) is 88.6 Å². The van der Waals surface area contributed by atoms with Gasteiger partial charge in [0.1, 0.15) is 17.7 Å². The van der Waals surface area contributed by atoms with Crippen molar-refractivity contribution in [2.45, 2.75) is 64.7 Å². The van der Waals surface area contributed by atoms with Crippen molar-refractivity contribution in [3.8, 4) is 11.5 Å². The third-order valence-corrected chi connectivity index (χ3v) is 10.1. The first kappa shape index (κ1) is 36.1. The van der Waals surface area contributed by atoms with Crippen molar-refractivity contribution < 1.29 is 37.4 Å². The molecule has 1 saturated heterocycles. The number of hydrogen-bond acceptors (Lipinski definition) is 6. The first-order valence-corrected chi connectivity index (χ1v) is 18.1. The van der Waals surface area contributed by atoms with Crippen molar-refractivity contribution in [3.63, 3.8) is 0 Å². The Balaban J connectivity index is 1.38. The van der Waals surface area contributed by atoms with E-state index >= 15 is 4.79 Å². The SMILES string of the molecule is Cc1ccc(CN(C(=O)c2ccc(F)cc2)[C@H]2c3cc4c(cc3N3C(=O)[C@H](CC(C)C)N(C(=O)c5ccc(F)cc5)CCCCOC[C@H]23)OCO4)cc1. The molecule has 3 aliphatic rings. The molecular weight excluding hydrogens is 680 g/mol. The number of aryl methyl sites for hydroxylation is 1. The number of ether oxygens (including phenoxy) is 3. The molecule has 4 aromatic carbocycles. The minimum absolute atomic E-state index is 0.000887. The highest BCUT2D eigenvalue weighted by Gasteiger charge is 2.50. The van der Waals surface area contributed by atoms with E-state index in [0.717, 1.165) is 11.1 Å². The Morgan fingerprint density at radius 2 is 1.51 bits per heavy atom. The molecule has 3 aliphatic heterocycles. The number of anilines is 1. The van der Waals surface area contributed by atoms with Crippen LogP contribution >= 0.6 is 0 Å². The molecule has 9 nitrogen and oxygen atoms in total. The van der Waals surface area contributed by atoms with Crippen LogP contribution in [-0.2, 0) is 16.1 Å². The number of fused-ring (bicyclic) bond motifs is 4. The van der Waals surface area contributed by atoms with E-state index in [0.29, 0.717) is 55.2 Å². The maximum Gasteiger partial charge on any atom is 0.254 e. The molecule has 0 N–H and O–H groups in total. The lowest BCUT2D eigenvalue weighted by atomic mass is 9.97. The molecule has 11 heteroatoms. The molecule has 0 radical (unpaired) electrons. The molecular formula is C42H43F2N3O6. The number of amides is 3. The highest BCUT2D eigenvalue weighted by molar-refractivity contribution is 6.05. The molecule has 0 saturated carbocycles. The molecule has 3 amide bonds. The molecule has 0 aliphatic carbocycles. The summed E-state index contributed by atoms with van der Waals surface area (Å²) in [5.41, 5.74) is 3.69. The van der Waals surface area contributed by atoms with Gasteiger partial charge in [-0.1, -0.05) is 43.7 Å². The normalized spacial score (nSPS) is 19.8. The minimum Gasteiger partial charge on any atom is -0.454 e. The number of halogens is 2. The van der Waals surface area contributed by atoms with Crippen LogP contribution in [-0.4, -0.2) is 66.2 Å². The van der Waals surface area contributed by atoms with Gasteiger partial charge in [-0.3, -0.25) is 14.4 Å². The average Bonchev–Trinajstić information content (AvgIpc) is 3.73. The second-order valence-corrected chi connectivity index (χ2v) is 14.3. The van der Waals surface area contributed by atoms with Crippen molar-refractivity contribution in [2.24, 2.45) is 5.92 Å². The summed E-state index contributed by atoms with van der Waals surface area (Å²) in [5.74, 6) is -0.991. The van der Waals surface area contributed by atoms with Gasteiger partial charge < -0.3 is 28.9 Å². The van der Waals surface area contributed by atoms with Crippen molar-refractivity contribution >= 4 is 23.4 Å². The Bertz CT molecular complexity index is 1970. The number of hydrogen-bond donors (Lipinski definition) is 0. The smallest absolute Gasteiger partial charge is 0.254 e. The van der Waals surface area contributed by atoms with Gasteiger partial charge in [0.15, 0.2) is 11.5 Å². The van der Waals surface area contributed by atoms with Crippen LogP contribution in [0.5, 0.6) is 11.5 Å². The summed E-state index contributed by atoms with van der Waals surface area (Å²) in [6.45, 7) is 6.93. The van der Waals surface area contributed by atoms with Crippen molar-refractivity contribution in [1.82, 2.24) is 9.80 Å². The molecule has 3 heterocycles. The van der Waals surface area contributed by atoms with Crippen LogP contribution in [0.3, 0.4) is 0 Å². The van der Waals surface area contributed by atoms with Crippen LogP contribution in [0.1, 0.15) is 76.6 Å². The van der Waals surface area contributed by atoms with E-state index in [9.17, 15) is 18.4 Å². The van der Waals surface area contributed by atoms with Gasteiger partial charge in [-0.05, 0) is 92.3 Å². The fourth-order valence-electron chi connectivity index (χ4n) is 7.50. The van der Waals surface area contributed by atoms with Crippen LogP contribution in [0.4, 0.5) is 14.5 Å². The van der Waals surface area contributed by atoms with Gasteiger partial charge in [0.05, 0.1) is 24.4 Å². The Labute approximate surface area is 308 Å². The summed E-state index contributed by atoms with van der Waals surface area (Å²) >= 11 is 0. The monoisotopic (exact) mass is 723 g/mol. The molecule has 0 spiro atoms. The predicted molar refractivity (Wildman–Crippen MR) is 195 cm³/mol. The molecule has 53 heavy (non-hydrogen) atoms. The molecule has 1 fully saturated rings. The van der Waals surface area contributed by atoms with Crippen molar-refractivity contribution in [1.29, 1.82) is 0 Å². The fourth-order valence-corrected chi connectivity index (χ4v) is 7.50.